The molecule has 4 aromatic carbocycles. The fourth-order valence-corrected chi connectivity index (χ4v) is 3.98. The third-order valence-electron chi connectivity index (χ3n) is 5.92. The number of benzene rings is 4. The van der Waals surface area contributed by atoms with Crippen LogP contribution in [0.3, 0.4) is 0 Å². The van der Waals surface area contributed by atoms with Crippen molar-refractivity contribution in [3.05, 3.63) is 131 Å². The van der Waals surface area contributed by atoms with Crippen LogP contribution in [-0.4, -0.2) is 21.9 Å². The van der Waals surface area contributed by atoms with Crippen LogP contribution in [0, 0.1) is 0 Å². The molecule has 6 heteroatoms. The maximum atomic E-state index is 13.2. The third-order valence-corrected chi connectivity index (χ3v) is 5.92. The van der Waals surface area contributed by atoms with Gasteiger partial charge in [0.1, 0.15) is 6.04 Å². The van der Waals surface area contributed by atoms with E-state index < -0.39 is 6.04 Å². The predicted molar refractivity (Wildman–Crippen MR) is 143 cm³/mol. The average Bonchev–Trinajstić information content (AvgIpc) is 3.34. The Balaban J connectivity index is 1.33. The van der Waals surface area contributed by atoms with Gasteiger partial charge in [0.25, 0.3) is 0 Å². The third kappa shape index (κ3) is 4.99. The Morgan fingerprint density at radius 1 is 0.806 bits per heavy atom. The van der Waals surface area contributed by atoms with Gasteiger partial charge in [0.15, 0.2) is 5.78 Å². The highest BCUT2D eigenvalue weighted by Gasteiger charge is 2.17. The maximum absolute atomic E-state index is 13.2. The number of nitrogens with two attached hydrogens (primary N) is 1. The normalized spacial score (nSPS) is 12.0. The summed E-state index contributed by atoms with van der Waals surface area (Å²) in [6.45, 7) is 0. The largest absolute Gasteiger partial charge is 0.324 e. The number of hydrogen-bond donors (Lipinski definition) is 3. The smallest absolute Gasteiger partial charge is 0.245 e. The van der Waals surface area contributed by atoms with Crippen LogP contribution < -0.4 is 11.1 Å². The van der Waals surface area contributed by atoms with Crippen molar-refractivity contribution in [2.45, 2.75) is 6.04 Å². The van der Waals surface area contributed by atoms with E-state index >= 15 is 0 Å². The van der Waals surface area contributed by atoms with Gasteiger partial charge in [0.2, 0.25) is 5.91 Å². The molecule has 0 aliphatic rings. The highest BCUT2D eigenvalue weighted by atomic mass is 16.2. The molecule has 0 spiro atoms. The van der Waals surface area contributed by atoms with E-state index in [2.05, 4.69) is 15.5 Å². The Morgan fingerprint density at radius 3 is 2.31 bits per heavy atom. The van der Waals surface area contributed by atoms with Gasteiger partial charge in [0, 0.05) is 22.2 Å². The van der Waals surface area contributed by atoms with Gasteiger partial charge in [-0.2, -0.15) is 5.10 Å². The number of anilines is 1. The summed E-state index contributed by atoms with van der Waals surface area (Å²) in [5, 5.41) is 11.1. The fraction of sp³-hybridized carbons (Fsp3) is 0.0333. The van der Waals surface area contributed by atoms with Crippen LogP contribution in [0.5, 0.6) is 0 Å². The summed E-state index contributed by atoms with van der Waals surface area (Å²) in [6, 6.07) is 30.6. The number of ketones is 1. The van der Waals surface area contributed by atoms with Crippen LogP contribution in [0.1, 0.15) is 38.8 Å². The monoisotopic (exact) mass is 472 g/mol. The molecule has 1 amide bonds. The van der Waals surface area contributed by atoms with Gasteiger partial charge in [-0.05, 0) is 41.5 Å². The Labute approximate surface area is 208 Å². The van der Waals surface area contributed by atoms with Crippen LogP contribution in [0.2, 0.25) is 0 Å². The van der Waals surface area contributed by atoms with E-state index in [4.69, 9.17) is 5.73 Å². The molecule has 1 unspecified atom stereocenters. The Hall–Kier alpha value is -4.81. The molecule has 0 saturated heterocycles. The molecule has 36 heavy (non-hydrogen) atoms. The number of carbonyl (C=O) groups is 2. The summed E-state index contributed by atoms with van der Waals surface area (Å²) >= 11 is 0. The van der Waals surface area contributed by atoms with E-state index in [0.29, 0.717) is 22.4 Å². The Morgan fingerprint density at radius 2 is 1.53 bits per heavy atom. The molecule has 5 aromatic rings. The Bertz CT molecular complexity index is 1560. The first-order valence-electron chi connectivity index (χ1n) is 11.6. The number of nitrogens with zero attached hydrogens (tertiary/aromatic N) is 1. The van der Waals surface area contributed by atoms with Gasteiger partial charge in [-0.25, -0.2) is 0 Å². The second-order valence-electron chi connectivity index (χ2n) is 8.40. The second kappa shape index (κ2) is 10.2. The number of carbonyl (C=O) groups excluding carboxylic acids is 2. The van der Waals surface area contributed by atoms with Crippen LogP contribution in [-0.2, 0) is 4.79 Å². The van der Waals surface area contributed by atoms with Crippen LogP contribution >= 0.6 is 0 Å². The van der Waals surface area contributed by atoms with E-state index in [0.717, 1.165) is 22.2 Å². The van der Waals surface area contributed by atoms with Crippen molar-refractivity contribution in [3.63, 3.8) is 0 Å². The molecule has 0 bridgehead atoms. The molecule has 176 valence electrons. The summed E-state index contributed by atoms with van der Waals surface area (Å²) in [5.74, 6) is -0.503. The molecule has 5 rings (SSSR count). The summed E-state index contributed by atoms with van der Waals surface area (Å²) in [7, 11) is 0. The van der Waals surface area contributed by atoms with E-state index in [1.807, 2.05) is 66.7 Å². The lowest BCUT2D eigenvalue weighted by Gasteiger charge is -2.13. The standard InChI is InChI=1S/C30H24N4O2/c31-28(21-10-5-2-6-11-21)30(36)32-24-13-7-12-22(18-24)29(35)23-15-16-25-26(33-34-27(25)19-23)17-14-20-8-3-1-4-9-20/h1-19,28H,31H2,(H,32,36)(H,33,34)/b17-14+. The van der Waals surface area contributed by atoms with Gasteiger partial charge in [-0.15, -0.1) is 0 Å². The van der Waals surface area contributed by atoms with Crippen molar-refractivity contribution in [2.75, 3.05) is 5.32 Å². The second-order valence-corrected chi connectivity index (χ2v) is 8.40. The minimum atomic E-state index is -0.807. The quantitative estimate of drug-likeness (QED) is 0.268. The highest BCUT2D eigenvalue weighted by Crippen LogP contribution is 2.23. The van der Waals surface area contributed by atoms with Gasteiger partial charge in [-0.3, -0.25) is 14.7 Å². The lowest BCUT2D eigenvalue weighted by atomic mass is 10.0. The Kier molecular flexibility index (Phi) is 6.51. The van der Waals surface area contributed by atoms with E-state index in [-0.39, 0.29) is 11.7 Å². The number of hydrogen-bond acceptors (Lipinski definition) is 4. The molecule has 1 aromatic heterocycles. The number of amides is 1. The maximum Gasteiger partial charge on any atom is 0.245 e. The number of aromatic nitrogens is 2. The predicted octanol–water partition coefficient (Wildman–Crippen LogP) is 5.60. The van der Waals surface area contributed by atoms with Gasteiger partial charge >= 0.3 is 0 Å². The zero-order valence-corrected chi connectivity index (χ0v) is 19.4. The topological polar surface area (TPSA) is 101 Å². The molecule has 1 atom stereocenters. The van der Waals surface area contributed by atoms with Crippen molar-refractivity contribution >= 4 is 40.4 Å². The molecule has 0 saturated carbocycles. The number of nitrogens with one attached hydrogen (secondary N) is 2. The lowest BCUT2D eigenvalue weighted by molar-refractivity contribution is -0.117. The minimum Gasteiger partial charge on any atom is -0.324 e. The van der Waals surface area contributed by atoms with Crippen molar-refractivity contribution < 1.29 is 9.59 Å². The van der Waals surface area contributed by atoms with Gasteiger partial charge in [0.05, 0.1) is 11.2 Å². The first kappa shape index (κ1) is 23.0. The molecule has 4 N–H and O–H groups in total. The van der Waals surface area contributed by atoms with Gasteiger partial charge < -0.3 is 11.1 Å². The molecule has 0 aliphatic carbocycles. The van der Waals surface area contributed by atoms with Crippen LogP contribution in [0.4, 0.5) is 5.69 Å². The summed E-state index contributed by atoms with van der Waals surface area (Å²) in [6.07, 6.45) is 3.94. The lowest BCUT2D eigenvalue weighted by Crippen LogP contribution is -2.27. The number of aromatic amines is 1. The fourth-order valence-electron chi connectivity index (χ4n) is 3.98. The van der Waals surface area contributed by atoms with Gasteiger partial charge in [-0.1, -0.05) is 84.9 Å². The van der Waals surface area contributed by atoms with E-state index in [1.54, 1.807) is 48.5 Å². The summed E-state index contributed by atoms with van der Waals surface area (Å²) in [4.78, 5) is 25.8. The van der Waals surface area contributed by atoms with Crippen molar-refractivity contribution in [3.8, 4) is 0 Å². The van der Waals surface area contributed by atoms with E-state index in [1.165, 1.54) is 0 Å². The molecule has 1 heterocycles. The molecule has 6 nitrogen and oxygen atoms in total. The summed E-state index contributed by atoms with van der Waals surface area (Å²) < 4.78 is 0. The molecule has 0 fully saturated rings. The first-order valence-corrected chi connectivity index (χ1v) is 11.6. The molecule has 0 radical (unpaired) electrons. The van der Waals surface area contributed by atoms with Crippen molar-refractivity contribution in [1.82, 2.24) is 10.2 Å². The molecular formula is C30H24N4O2. The van der Waals surface area contributed by atoms with Crippen LogP contribution in [0.25, 0.3) is 23.1 Å². The zero-order valence-electron chi connectivity index (χ0n) is 19.4. The van der Waals surface area contributed by atoms with Crippen LogP contribution in [0.15, 0.2) is 103 Å². The molecule has 0 aliphatic heterocycles. The van der Waals surface area contributed by atoms with E-state index in [9.17, 15) is 9.59 Å². The number of rotatable bonds is 7. The number of H-pyrrole nitrogens is 1. The summed E-state index contributed by atoms with van der Waals surface area (Å²) in [5.41, 5.74) is 10.9. The van der Waals surface area contributed by atoms with Crippen molar-refractivity contribution in [1.29, 1.82) is 0 Å². The number of fused-ring (bicyclic) bond motifs is 1. The minimum absolute atomic E-state index is 0.156. The van der Waals surface area contributed by atoms with Crippen molar-refractivity contribution in [2.24, 2.45) is 5.73 Å². The first-order chi connectivity index (χ1) is 17.6. The highest BCUT2D eigenvalue weighted by molar-refractivity contribution is 6.11. The SMILES string of the molecule is NC(C(=O)Nc1cccc(C(=O)c2ccc3c(/C=C/c4ccccc4)n[nH]c3c2)c1)c1ccccc1. The zero-order chi connectivity index (χ0) is 24.9. The molecular weight excluding hydrogens is 448 g/mol. The average molecular weight is 473 g/mol.